The highest BCUT2D eigenvalue weighted by Gasteiger charge is 2.46. The molecule has 128 valence electrons. The molecular formula is C17H20N2O5. The number of likely N-dealkylation sites (tertiary alicyclic amines) is 1. The van der Waals surface area contributed by atoms with Crippen LogP contribution in [-0.2, 0) is 19.1 Å². The summed E-state index contributed by atoms with van der Waals surface area (Å²) in [4.78, 5) is 38.1. The lowest BCUT2D eigenvalue weighted by Gasteiger charge is -2.29. The molecule has 1 N–H and O–H groups in total. The normalized spacial score (nSPS) is 22.5. The van der Waals surface area contributed by atoms with Crippen LogP contribution in [0, 0.1) is 0 Å². The summed E-state index contributed by atoms with van der Waals surface area (Å²) in [5, 5.41) is 2.82. The Morgan fingerprint density at radius 3 is 2.96 bits per heavy atom. The van der Waals surface area contributed by atoms with Gasteiger partial charge in [0.05, 0.1) is 5.56 Å². The highest BCUT2D eigenvalue weighted by Crippen LogP contribution is 2.38. The number of cyclic esters (lactones) is 1. The molecule has 0 aliphatic carbocycles. The molecule has 3 rings (SSSR count). The van der Waals surface area contributed by atoms with E-state index in [-0.39, 0.29) is 18.2 Å². The zero-order valence-corrected chi connectivity index (χ0v) is 13.5. The lowest BCUT2D eigenvalue weighted by molar-refractivity contribution is -0.145. The van der Waals surface area contributed by atoms with Crippen molar-refractivity contribution >= 4 is 17.8 Å². The van der Waals surface area contributed by atoms with E-state index in [9.17, 15) is 14.4 Å². The van der Waals surface area contributed by atoms with E-state index in [1.165, 1.54) is 4.90 Å². The van der Waals surface area contributed by atoms with Gasteiger partial charge in [-0.1, -0.05) is 18.2 Å². The summed E-state index contributed by atoms with van der Waals surface area (Å²) in [7, 11) is 1.60. The third kappa shape index (κ3) is 2.99. The van der Waals surface area contributed by atoms with Crippen LogP contribution in [-0.4, -0.2) is 49.0 Å². The number of benzene rings is 1. The molecule has 1 aromatic carbocycles. The molecule has 0 radical (unpaired) electrons. The van der Waals surface area contributed by atoms with E-state index in [0.29, 0.717) is 37.1 Å². The zero-order valence-electron chi connectivity index (χ0n) is 13.5. The van der Waals surface area contributed by atoms with Crippen molar-refractivity contribution in [1.82, 2.24) is 10.2 Å². The lowest BCUT2D eigenvalue weighted by Crippen LogP contribution is -2.46. The molecule has 2 aliphatic heterocycles. The van der Waals surface area contributed by atoms with Gasteiger partial charge in [-0.15, -0.1) is 0 Å². The molecule has 2 atom stereocenters. The van der Waals surface area contributed by atoms with Crippen LogP contribution < -0.4 is 5.32 Å². The molecule has 0 bridgehead atoms. The molecule has 2 amide bonds. The Morgan fingerprint density at radius 1 is 1.38 bits per heavy atom. The zero-order chi connectivity index (χ0) is 17.1. The van der Waals surface area contributed by atoms with Crippen LogP contribution >= 0.6 is 0 Å². The smallest absolute Gasteiger partial charge is 0.340 e. The van der Waals surface area contributed by atoms with E-state index >= 15 is 0 Å². The van der Waals surface area contributed by atoms with Gasteiger partial charge in [-0.25, -0.2) is 4.79 Å². The molecule has 2 heterocycles. The van der Waals surface area contributed by atoms with Gasteiger partial charge >= 0.3 is 5.97 Å². The predicted octanol–water partition coefficient (Wildman–Crippen LogP) is 0.999. The fourth-order valence-corrected chi connectivity index (χ4v) is 3.13. The standard InChI is InChI=1S/C17H20N2O5/c1-23-10-4-9-18-15(21)13-7-8-14(20)19(13)16-11-5-2-3-6-12(11)17(22)24-16/h2-3,5-6,13,16H,4,7-10H2,1H3,(H,18,21)/t13-,16+/m0/s1. The van der Waals surface area contributed by atoms with Gasteiger partial charge in [0.25, 0.3) is 0 Å². The van der Waals surface area contributed by atoms with Crippen molar-refractivity contribution in [1.29, 1.82) is 0 Å². The molecule has 1 fully saturated rings. The van der Waals surface area contributed by atoms with Crippen molar-refractivity contribution in [3.8, 4) is 0 Å². The maximum atomic E-state index is 12.4. The predicted molar refractivity (Wildman–Crippen MR) is 84.0 cm³/mol. The number of carbonyl (C=O) groups is 3. The second-order valence-corrected chi connectivity index (χ2v) is 5.84. The summed E-state index contributed by atoms with van der Waals surface area (Å²) in [5.74, 6) is -0.867. The number of nitrogens with zero attached hydrogens (tertiary/aromatic N) is 1. The summed E-state index contributed by atoms with van der Waals surface area (Å²) in [5.41, 5.74) is 1.08. The first-order valence-electron chi connectivity index (χ1n) is 8.01. The van der Waals surface area contributed by atoms with E-state index in [1.54, 1.807) is 31.4 Å². The largest absolute Gasteiger partial charge is 0.433 e. The molecule has 1 saturated heterocycles. The lowest BCUT2D eigenvalue weighted by atomic mass is 10.1. The maximum Gasteiger partial charge on any atom is 0.340 e. The van der Waals surface area contributed by atoms with Gasteiger partial charge < -0.3 is 14.8 Å². The summed E-state index contributed by atoms with van der Waals surface area (Å²) >= 11 is 0. The van der Waals surface area contributed by atoms with Crippen LogP contribution in [0.15, 0.2) is 24.3 Å². The first-order chi connectivity index (χ1) is 11.6. The highest BCUT2D eigenvalue weighted by molar-refractivity contribution is 5.96. The van der Waals surface area contributed by atoms with Gasteiger partial charge in [0.1, 0.15) is 6.04 Å². The van der Waals surface area contributed by atoms with Gasteiger partial charge in [-0.05, 0) is 18.9 Å². The molecule has 0 saturated carbocycles. The van der Waals surface area contributed by atoms with Crippen molar-refractivity contribution in [2.24, 2.45) is 0 Å². The molecule has 0 aromatic heterocycles. The average Bonchev–Trinajstić information content (AvgIpc) is 3.12. The van der Waals surface area contributed by atoms with Gasteiger partial charge in [-0.3, -0.25) is 14.5 Å². The van der Waals surface area contributed by atoms with Crippen molar-refractivity contribution in [3.05, 3.63) is 35.4 Å². The second-order valence-electron chi connectivity index (χ2n) is 5.84. The fraction of sp³-hybridized carbons (Fsp3) is 0.471. The van der Waals surface area contributed by atoms with Crippen molar-refractivity contribution in [2.75, 3.05) is 20.3 Å². The maximum absolute atomic E-state index is 12.4. The summed E-state index contributed by atoms with van der Waals surface area (Å²) in [6, 6.07) is 6.33. The Morgan fingerprint density at radius 2 is 2.17 bits per heavy atom. The van der Waals surface area contributed by atoms with E-state index in [2.05, 4.69) is 5.32 Å². The number of esters is 1. The molecule has 0 spiro atoms. The molecule has 24 heavy (non-hydrogen) atoms. The number of methoxy groups -OCH3 is 1. The van der Waals surface area contributed by atoms with E-state index in [1.807, 2.05) is 0 Å². The molecule has 2 aliphatic rings. The van der Waals surface area contributed by atoms with Crippen molar-refractivity contribution < 1.29 is 23.9 Å². The number of hydrogen-bond donors (Lipinski definition) is 1. The number of carbonyl (C=O) groups excluding carboxylic acids is 3. The van der Waals surface area contributed by atoms with Crippen LogP contribution in [0.5, 0.6) is 0 Å². The Kier molecular flexibility index (Phi) is 4.80. The molecule has 0 unspecified atom stereocenters. The average molecular weight is 332 g/mol. The van der Waals surface area contributed by atoms with E-state index < -0.39 is 18.2 Å². The Labute approximate surface area is 139 Å². The molecule has 7 heteroatoms. The van der Waals surface area contributed by atoms with E-state index in [0.717, 1.165) is 0 Å². The number of rotatable bonds is 6. The minimum Gasteiger partial charge on any atom is -0.433 e. The van der Waals surface area contributed by atoms with Gasteiger partial charge in [0.15, 0.2) is 0 Å². The number of nitrogens with one attached hydrogen (secondary N) is 1. The first-order valence-corrected chi connectivity index (χ1v) is 8.01. The monoisotopic (exact) mass is 332 g/mol. The molecule has 7 nitrogen and oxygen atoms in total. The molecule has 1 aromatic rings. The van der Waals surface area contributed by atoms with Crippen LogP contribution in [0.3, 0.4) is 0 Å². The SMILES string of the molecule is COCCCNC(=O)[C@@H]1CCC(=O)N1[C@@H]1OC(=O)c2ccccc21. The van der Waals surface area contributed by atoms with Crippen LogP contribution in [0.25, 0.3) is 0 Å². The quantitative estimate of drug-likeness (QED) is 0.620. The Balaban J connectivity index is 1.75. The highest BCUT2D eigenvalue weighted by atomic mass is 16.6. The Hall–Kier alpha value is -2.41. The minimum atomic E-state index is -0.821. The number of ether oxygens (including phenoxy) is 2. The van der Waals surface area contributed by atoms with Gasteiger partial charge in [0, 0.05) is 32.2 Å². The topological polar surface area (TPSA) is 84.9 Å². The van der Waals surface area contributed by atoms with Crippen LogP contribution in [0.1, 0.15) is 41.4 Å². The summed E-state index contributed by atoms with van der Waals surface area (Å²) < 4.78 is 10.3. The number of fused-ring (bicyclic) bond motifs is 1. The number of amides is 2. The van der Waals surface area contributed by atoms with Crippen LogP contribution in [0.2, 0.25) is 0 Å². The second kappa shape index (κ2) is 7.00. The van der Waals surface area contributed by atoms with Crippen molar-refractivity contribution in [2.45, 2.75) is 31.5 Å². The third-order valence-electron chi connectivity index (χ3n) is 4.30. The van der Waals surface area contributed by atoms with Gasteiger partial charge in [0.2, 0.25) is 18.0 Å². The Bertz CT molecular complexity index is 660. The summed E-state index contributed by atoms with van der Waals surface area (Å²) in [6.07, 6.45) is 0.570. The van der Waals surface area contributed by atoms with Crippen molar-refractivity contribution in [3.63, 3.8) is 0 Å². The van der Waals surface area contributed by atoms with E-state index in [4.69, 9.17) is 9.47 Å². The molecular weight excluding hydrogens is 312 g/mol. The number of hydrogen-bond acceptors (Lipinski definition) is 5. The summed E-state index contributed by atoms with van der Waals surface area (Å²) in [6.45, 7) is 1.04. The first kappa shape index (κ1) is 16.4. The minimum absolute atomic E-state index is 0.179. The van der Waals surface area contributed by atoms with Crippen LogP contribution in [0.4, 0.5) is 0 Å². The third-order valence-corrected chi connectivity index (χ3v) is 4.30. The van der Waals surface area contributed by atoms with Gasteiger partial charge in [-0.2, -0.15) is 0 Å². The fourth-order valence-electron chi connectivity index (χ4n) is 3.13.